The smallest absolute Gasteiger partial charge is 0.219 e. The van der Waals surface area contributed by atoms with Crippen molar-refractivity contribution in [1.29, 1.82) is 0 Å². The van der Waals surface area contributed by atoms with Crippen molar-refractivity contribution in [3.8, 4) is 5.75 Å². The lowest BCUT2D eigenvalue weighted by molar-refractivity contribution is -0.899. The fraction of sp³-hybridized carbons (Fsp3) is 0.438. The number of Topliss-reactive ketones (excluding diaryl/α,β-unsaturated/α-hetero) is 1. The second-order valence-electron chi connectivity index (χ2n) is 5.50. The van der Waals surface area contributed by atoms with Gasteiger partial charge in [0.25, 0.3) is 0 Å². The summed E-state index contributed by atoms with van der Waals surface area (Å²) in [6.07, 6.45) is 0. The van der Waals surface area contributed by atoms with Crippen molar-refractivity contribution in [2.45, 2.75) is 6.92 Å². The van der Waals surface area contributed by atoms with Crippen LogP contribution in [-0.4, -0.2) is 50.7 Å². The Balaban J connectivity index is 1.90. The van der Waals surface area contributed by atoms with Crippen molar-refractivity contribution in [3.05, 3.63) is 29.5 Å². The zero-order chi connectivity index (χ0) is 14.8. The molecule has 1 aliphatic heterocycles. The number of aromatic nitrogens is 1. The average molecular weight is 289 g/mol. The topological polar surface area (TPSA) is 55.8 Å². The Hall–Kier alpha value is -1.85. The van der Waals surface area contributed by atoms with Gasteiger partial charge in [-0.3, -0.25) is 4.79 Å². The number of quaternary nitrogens is 1. The number of H-pyrrole nitrogens is 1. The van der Waals surface area contributed by atoms with Gasteiger partial charge in [-0.2, -0.15) is 0 Å². The second-order valence-corrected chi connectivity index (χ2v) is 5.50. The van der Waals surface area contributed by atoms with Crippen molar-refractivity contribution in [1.82, 2.24) is 4.98 Å². The van der Waals surface area contributed by atoms with Gasteiger partial charge in [0.15, 0.2) is 0 Å². The van der Waals surface area contributed by atoms with Gasteiger partial charge in [0, 0.05) is 16.6 Å². The van der Waals surface area contributed by atoms with Gasteiger partial charge < -0.3 is 19.4 Å². The molecule has 0 radical (unpaired) electrons. The SMILES string of the molecule is COc1ccc2[nH]c(C)c(C(=O)C[NH+]3CCOCC3)c2c1. The summed E-state index contributed by atoms with van der Waals surface area (Å²) >= 11 is 0. The molecule has 0 saturated carbocycles. The number of nitrogens with one attached hydrogen (secondary N) is 2. The summed E-state index contributed by atoms with van der Waals surface area (Å²) in [6, 6.07) is 5.79. The van der Waals surface area contributed by atoms with Crippen LogP contribution >= 0.6 is 0 Å². The van der Waals surface area contributed by atoms with Gasteiger partial charge in [0.1, 0.15) is 25.4 Å². The van der Waals surface area contributed by atoms with Crippen molar-refractivity contribution < 1.29 is 19.2 Å². The molecule has 2 N–H and O–H groups in total. The molecule has 1 aromatic carbocycles. The predicted octanol–water partition coefficient (Wildman–Crippen LogP) is 0.583. The first-order valence-electron chi connectivity index (χ1n) is 7.30. The normalized spacial score (nSPS) is 16.3. The number of benzene rings is 1. The molecule has 2 aromatic rings. The molecule has 3 rings (SSSR count). The lowest BCUT2D eigenvalue weighted by Crippen LogP contribution is -3.14. The molecule has 0 spiro atoms. The first-order chi connectivity index (χ1) is 10.2. The van der Waals surface area contributed by atoms with Crippen molar-refractivity contribution >= 4 is 16.7 Å². The van der Waals surface area contributed by atoms with Gasteiger partial charge in [0.2, 0.25) is 5.78 Å². The van der Waals surface area contributed by atoms with E-state index in [1.54, 1.807) is 7.11 Å². The highest BCUT2D eigenvalue weighted by atomic mass is 16.5. The zero-order valence-corrected chi connectivity index (χ0v) is 12.5. The number of carbonyl (C=O) groups is 1. The quantitative estimate of drug-likeness (QED) is 0.810. The van der Waals surface area contributed by atoms with Crippen LogP contribution in [0.4, 0.5) is 0 Å². The molecule has 0 amide bonds. The Kier molecular flexibility index (Phi) is 3.94. The highest BCUT2D eigenvalue weighted by Gasteiger charge is 2.23. The number of ketones is 1. The molecule has 1 aliphatic rings. The molecule has 0 bridgehead atoms. The fourth-order valence-electron chi connectivity index (χ4n) is 2.94. The Morgan fingerprint density at radius 3 is 2.86 bits per heavy atom. The molecule has 5 heteroatoms. The maximum Gasteiger partial charge on any atom is 0.219 e. The number of morpholine rings is 1. The van der Waals surface area contributed by atoms with E-state index in [1.807, 2.05) is 25.1 Å². The Labute approximate surface area is 123 Å². The van der Waals surface area contributed by atoms with E-state index in [0.717, 1.165) is 54.2 Å². The summed E-state index contributed by atoms with van der Waals surface area (Å²) < 4.78 is 10.6. The summed E-state index contributed by atoms with van der Waals surface area (Å²) in [5.74, 6) is 0.957. The van der Waals surface area contributed by atoms with Gasteiger partial charge in [-0.15, -0.1) is 0 Å². The molecular weight excluding hydrogens is 268 g/mol. The van der Waals surface area contributed by atoms with Crippen LogP contribution in [0.15, 0.2) is 18.2 Å². The molecule has 112 valence electrons. The van der Waals surface area contributed by atoms with Crippen LogP contribution in [0, 0.1) is 6.92 Å². The third kappa shape index (κ3) is 2.80. The number of hydrogen-bond donors (Lipinski definition) is 2. The van der Waals surface area contributed by atoms with Crippen LogP contribution in [0.1, 0.15) is 16.1 Å². The minimum Gasteiger partial charge on any atom is -0.497 e. The first-order valence-corrected chi connectivity index (χ1v) is 7.30. The van der Waals surface area contributed by atoms with Gasteiger partial charge in [-0.05, 0) is 25.1 Å². The molecule has 5 nitrogen and oxygen atoms in total. The predicted molar refractivity (Wildman–Crippen MR) is 80.3 cm³/mol. The molecule has 1 aromatic heterocycles. The largest absolute Gasteiger partial charge is 0.497 e. The van der Waals surface area contributed by atoms with E-state index in [9.17, 15) is 4.79 Å². The monoisotopic (exact) mass is 289 g/mol. The number of aromatic amines is 1. The molecule has 21 heavy (non-hydrogen) atoms. The Morgan fingerprint density at radius 1 is 1.38 bits per heavy atom. The van der Waals surface area contributed by atoms with Crippen molar-refractivity contribution in [2.24, 2.45) is 0 Å². The second kappa shape index (κ2) is 5.87. The number of rotatable bonds is 4. The summed E-state index contributed by atoms with van der Waals surface area (Å²) in [6.45, 7) is 5.75. The lowest BCUT2D eigenvalue weighted by Gasteiger charge is -2.23. The third-order valence-electron chi connectivity index (χ3n) is 4.08. The standard InChI is InChI=1S/C16H20N2O3/c1-11-16(15(19)10-18-5-7-21-8-6-18)13-9-12(20-2)3-4-14(13)17-11/h3-4,9,17H,5-8,10H2,1-2H3/p+1. The van der Waals surface area contributed by atoms with Gasteiger partial charge in [-0.1, -0.05) is 0 Å². The number of methoxy groups -OCH3 is 1. The van der Waals surface area contributed by atoms with E-state index in [-0.39, 0.29) is 5.78 Å². The number of fused-ring (bicyclic) bond motifs is 1. The maximum absolute atomic E-state index is 12.7. The van der Waals surface area contributed by atoms with E-state index in [4.69, 9.17) is 9.47 Å². The minimum absolute atomic E-state index is 0.184. The zero-order valence-electron chi connectivity index (χ0n) is 12.5. The molecule has 0 atom stereocenters. The Morgan fingerprint density at radius 2 is 2.14 bits per heavy atom. The number of hydrogen-bond acceptors (Lipinski definition) is 3. The molecule has 1 saturated heterocycles. The van der Waals surface area contributed by atoms with Crippen LogP contribution in [0.25, 0.3) is 10.9 Å². The lowest BCUT2D eigenvalue weighted by atomic mass is 10.1. The van der Waals surface area contributed by atoms with Crippen LogP contribution in [0.2, 0.25) is 0 Å². The van der Waals surface area contributed by atoms with E-state index in [0.29, 0.717) is 6.54 Å². The van der Waals surface area contributed by atoms with E-state index in [2.05, 4.69) is 4.98 Å². The van der Waals surface area contributed by atoms with E-state index < -0.39 is 0 Å². The number of carbonyl (C=O) groups excluding carboxylic acids is 1. The summed E-state index contributed by atoms with van der Waals surface area (Å²) in [5.41, 5.74) is 2.70. The van der Waals surface area contributed by atoms with Crippen LogP contribution in [0.5, 0.6) is 5.75 Å². The summed E-state index contributed by atoms with van der Waals surface area (Å²) in [4.78, 5) is 17.3. The average Bonchev–Trinajstić information content (AvgIpc) is 2.83. The third-order valence-corrected chi connectivity index (χ3v) is 4.08. The summed E-state index contributed by atoms with van der Waals surface area (Å²) in [7, 11) is 1.64. The highest BCUT2D eigenvalue weighted by Crippen LogP contribution is 2.26. The van der Waals surface area contributed by atoms with Crippen molar-refractivity contribution in [3.63, 3.8) is 0 Å². The molecule has 0 unspecified atom stereocenters. The molecule has 2 heterocycles. The van der Waals surface area contributed by atoms with Crippen molar-refractivity contribution in [2.75, 3.05) is 40.0 Å². The number of ether oxygens (including phenoxy) is 2. The molecular formula is C16H21N2O3+. The molecule has 0 aliphatic carbocycles. The van der Waals surface area contributed by atoms with E-state index in [1.165, 1.54) is 4.90 Å². The van der Waals surface area contributed by atoms with Crippen LogP contribution < -0.4 is 9.64 Å². The Bertz CT molecular complexity index is 657. The van der Waals surface area contributed by atoms with Crippen LogP contribution in [-0.2, 0) is 4.74 Å². The number of aryl methyl sites for hydroxylation is 1. The fourth-order valence-corrected chi connectivity index (χ4v) is 2.94. The van der Waals surface area contributed by atoms with Gasteiger partial charge in [-0.25, -0.2) is 0 Å². The maximum atomic E-state index is 12.7. The van der Waals surface area contributed by atoms with Gasteiger partial charge >= 0.3 is 0 Å². The minimum atomic E-state index is 0.184. The van der Waals surface area contributed by atoms with E-state index >= 15 is 0 Å². The highest BCUT2D eigenvalue weighted by molar-refractivity contribution is 6.10. The first kappa shape index (κ1) is 14.1. The van der Waals surface area contributed by atoms with Crippen LogP contribution in [0.3, 0.4) is 0 Å². The van der Waals surface area contributed by atoms with Gasteiger partial charge in [0.05, 0.1) is 25.9 Å². The summed E-state index contributed by atoms with van der Waals surface area (Å²) in [5, 5.41) is 0.949. The molecule has 1 fully saturated rings.